The highest BCUT2D eigenvalue weighted by Gasteiger charge is 2.21. The number of aromatic nitrogens is 4. The lowest BCUT2D eigenvalue weighted by atomic mass is 9.87. The largest absolute Gasteiger partial charge is 0.496 e. The molecular weight excluding hydrogens is 380 g/mol. The first-order valence-electron chi connectivity index (χ1n) is 10.6. The summed E-state index contributed by atoms with van der Waals surface area (Å²) in [6, 6.07) is 3.81. The van der Waals surface area contributed by atoms with Gasteiger partial charge in [-0.2, -0.15) is 0 Å². The lowest BCUT2D eigenvalue weighted by molar-refractivity contribution is 0.351. The third-order valence-corrected chi connectivity index (χ3v) is 6.38. The maximum atomic E-state index is 12.9. The second-order valence-corrected chi connectivity index (χ2v) is 8.33. The molecule has 7 heteroatoms. The highest BCUT2D eigenvalue weighted by Crippen LogP contribution is 2.37. The zero-order valence-electron chi connectivity index (χ0n) is 17.6. The van der Waals surface area contributed by atoms with Gasteiger partial charge in [0.25, 0.3) is 5.56 Å². The van der Waals surface area contributed by atoms with Crippen LogP contribution in [0, 0.1) is 19.8 Å². The molecular formula is C23H26N4O3. The molecule has 1 aliphatic rings. The summed E-state index contributed by atoms with van der Waals surface area (Å²) >= 11 is 0. The average Bonchev–Trinajstić information content (AvgIpc) is 3.30. The number of nitrogens with one attached hydrogen (secondary N) is 1. The van der Waals surface area contributed by atoms with Gasteiger partial charge in [-0.05, 0) is 25.8 Å². The first-order chi connectivity index (χ1) is 14.6. The molecule has 0 aliphatic heterocycles. The summed E-state index contributed by atoms with van der Waals surface area (Å²) in [4.78, 5) is 20.6. The van der Waals surface area contributed by atoms with E-state index in [-0.39, 0.29) is 5.56 Å². The van der Waals surface area contributed by atoms with Crippen LogP contribution in [0.25, 0.3) is 27.7 Å². The van der Waals surface area contributed by atoms with Crippen molar-refractivity contribution in [3.05, 3.63) is 46.0 Å². The molecule has 1 N–H and O–H groups in total. The summed E-state index contributed by atoms with van der Waals surface area (Å²) in [5, 5.41) is 4.66. The maximum Gasteiger partial charge on any atom is 0.258 e. The summed E-state index contributed by atoms with van der Waals surface area (Å²) in [5.74, 6) is 3.02. The molecule has 1 saturated carbocycles. The lowest BCUT2D eigenvalue weighted by Gasteiger charge is -2.21. The van der Waals surface area contributed by atoms with Crippen molar-refractivity contribution in [1.29, 1.82) is 0 Å². The van der Waals surface area contributed by atoms with E-state index in [9.17, 15) is 4.79 Å². The Bertz CT molecular complexity index is 1270. The number of ether oxygens (including phenoxy) is 1. The van der Waals surface area contributed by atoms with Gasteiger partial charge in [-0.15, -0.1) is 0 Å². The Morgan fingerprint density at radius 3 is 2.73 bits per heavy atom. The number of nitrogens with zero attached hydrogens (tertiary/aromatic N) is 3. The van der Waals surface area contributed by atoms with Gasteiger partial charge >= 0.3 is 0 Å². The van der Waals surface area contributed by atoms with Gasteiger partial charge in [-0.25, -0.2) is 4.98 Å². The molecule has 0 bridgehead atoms. The van der Waals surface area contributed by atoms with E-state index in [1.54, 1.807) is 13.3 Å². The molecule has 0 saturated heterocycles. The van der Waals surface area contributed by atoms with Gasteiger partial charge in [0.15, 0.2) is 0 Å². The SMILES string of the molecule is COc1cc2c(cc1-c1c(C)noc1C)c(=O)[nH]c1cnc(CC3CCCCC3)n12. The minimum absolute atomic E-state index is 0.141. The Kier molecular flexibility index (Phi) is 4.60. The van der Waals surface area contributed by atoms with Crippen LogP contribution in [0.4, 0.5) is 0 Å². The van der Waals surface area contributed by atoms with Crippen molar-refractivity contribution in [2.75, 3.05) is 7.11 Å². The topological polar surface area (TPSA) is 85.4 Å². The number of fused-ring (bicyclic) bond motifs is 3. The first-order valence-corrected chi connectivity index (χ1v) is 10.6. The third kappa shape index (κ3) is 3.00. The highest BCUT2D eigenvalue weighted by atomic mass is 16.5. The molecule has 3 aromatic heterocycles. The Balaban J connectivity index is 1.73. The van der Waals surface area contributed by atoms with Crippen molar-refractivity contribution < 1.29 is 9.26 Å². The van der Waals surface area contributed by atoms with Crippen molar-refractivity contribution >= 4 is 16.6 Å². The van der Waals surface area contributed by atoms with Crippen molar-refractivity contribution in [2.45, 2.75) is 52.4 Å². The number of imidazole rings is 1. The number of methoxy groups -OCH3 is 1. The molecule has 3 heterocycles. The average molecular weight is 406 g/mol. The van der Waals surface area contributed by atoms with E-state index < -0.39 is 0 Å². The molecule has 0 atom stereocenters. The van der Waals surface area contributed by atoms with Gasteiger partial charge in [-0.1, -0.05) is 37.3 Å². The Hall–Kier alpha value is -3.09. The molecule has 7 nitrogen and oxygen atoms in total. The fraction of sp³-hybridized carbons (Fsp3) is 0.435. The minimum atomic E-state index is -0.141. The molecule has 0 amide bonds. The Morgan fingerprint density at radius 2 is 2.03 bits per heavy atom. The fourth-order valence-corrected chi connectivity index (χ4v) is 4.89. The molecule has 5 rings (SSSR count). The molecule has 0 unspecified atom stereocenters. The van der Waals surface area contributed by atoms with Crippen LogP contribution in [-0.4, -0.2) is 26.6 Å². The van der Waals surface area contributed by atoms with Crippen molar-refractivity contribution in [2.24, 2.45) is 5.92 Å². The van der Waals surface area contributed by atoms with Crippen molar-refractivity contribution in [1.82, 2.24) is 19.5 Å². The molecule has 0 spiro atoms. The zero-order chi connectivity index (χ0) is 20.8. The molecule has 4 aromatic rings. The van der Waals surface area contributed by atoms with Crippen LogP contribution in [-0.2, 0) is 6.42 Å². The quantitative estimate of drug-likeness (QED) is 0.536. The number of hydrogen-bond acceptors (Lipinski definition) is 5. The van der Waals surface area contributed by atoms with Crippen LogP contribution in [0.2, 0.25) is 0 Å². The van der Waals surface area contributed by atoms with Gasteiger partial charge in [-0.3, -0.25) is 9.20 Å². The van der Waals surface area contributed by atoms with E-state index in [1.165, 1.54) is 32.1 Å². The van der Waals surface area contributed by atoms with E-state index in [1.807, 2.05) is 26.0 Å². The van der Waals surface area contributed by atoms with Crippen molar-refractivity contribution in [3.63, 3.8) is 0 Å². The predicted octanol–water partition coefficient (Wildman–Crippen LogP) is 4.58. The molecule has 1 aromatic carbocycles. The molecule has 1 fully saturated rings. The lowest BCUT2D eigenvalue weighted by Crippen LogP contribution is -2.14. The molecule has 1 aliphatic carbocycles. The van der Waals surface area contributed by atoms with Gasteiger partial charge in [0.1, 0.15) is 23.0 Å². The van der Waals surface area contributed by atoms with Gasteiger partial charge in [0, 0.05) is 18.1 Å². The summed E-state index contributed by atoms with van der Waals surface area (Å²) < 4.78 is 13.1. The first kappa shape index (κ1) is 18.9. The van der Waals surface area contributed by atoms with Crippen molar-refractivity contribution in [3.8, 4) is 16.9 Å². The predicted molar refractivity (Wildman–Crippen MR) is 115 cm³/mol. The highest BCUT2D eigenvalue weighted by molar-refractivity contribution is 5.90. The number of H-pyrrole nitrogens is 1. The van der Waals surface area contributed by atoms with E-state index in [4.69, 9.17) is 9.26 Å². The Morgan fingerprint density at radius 1 is 1.23 bits per heavy atom. The van der Waals surface area contributed by atoms with E-state index >= 15 is 0 Å². The number of aryl methyl sites for hydroxylation is 2. The molecule has 0 radical (unpaired) electrons. The minimum Gasteiger partial charge on any atom is -0.496 e. The zero-order valence-corrected chi connectivity index (χ0v) is 17.6. The second kappa shape index (κ2) is 7.31. The molecule has 156 valence electrons. The molecule has 30 heavy (non-hydrogen) atoms. The summed E-state index contributed by atoms with van der Waals surface area (Å²) in [5.41, 5.74) is 3.82. The number of hydrogen-bond donors (Lipinski definition) is 1. The standard InChI is InChI=1S/C23H26N4O3/c1-13-22(14(2)30-26-13)17-10-16-18(11-19(17)29-3)27-20(9-15-7-5-4-6-8-15)24-12-21(27)25-23(16)28/h10-12,15H,4-9H2,1-3H3,(H,25,28). The van der Waals surface area contributed by atoms with Crippen LogP contribution >= 0.6 is 0 Å². The van der Waals surface area contributed by atoms with Gasteiger partial charge in [0.2, 0.25) is 0 Å². The number of benzene rings is 1. The second-order valence-electron chi connectivity index (χ2n) is 8.33. The normalized spacial score (nSPS) is 15.3. The van der Waals surface area contributed by atoms with E-state index in [0.29, 0.717) is 28.5 Å². The monoisotopic (exact) mass is 406 g/mol. The van der Waals surface area contributed by atoms with Gasteiger partial charge in [0.05, 0.1) is 35.5 Å². The maximum absolute atomic E-state index is 12.9. The van der Waals surface area contributed by atoms with Crippen LogP contribution in [0.1, 0.15) is 49.4 Å². The smallest absolute Gasteiger partial charge is 0.258 e. The van der Waals surface area contributed by atoms with Crippen LogP contribution in [0.3, 0.4) is 0 Å². The van der Waals surface area contributed by atoms with Gasteiger partial charge < -0.3 is 14.2 Å². The van der Waals surface area contributed by atoms with Crippen LogP contribution in [0.15, 0.2) is 27.6 Å². The van der Waals surface area contributed by atoms with Crippen LogP contribution < -0.4 is 10.3 Å². The summed E-state index contributed by atoms with van der Waals surface area (Å²) in [7, 11) is 1.64. The summed E-state index contributed by atoms with van der Waals surface area (Å²) in [6.45, 7) is 3.76. The summed E-state index contributed by atoms with van der Waals surface area (Å²) in [6.07, 6.45) is 9.08. The Labute approximate surface area is 174 Å². The number of rotatable bonds is 4. The van der Waals surface area contributed by atoms with E-state index in [0.717, 1.165) is 34.6 Å². The van der Waals surface area contributed by atoms with Crippen LogP contribution in [0.5, 0.6) is 5.75 Å². The fourth-order valence-electron chi connectivity index (χ4n) is 4.89. The number of aromatic amines is 1. The van der Waals surface area contributed by atoms with E-state index in [2.05, 4.69) is 19.5 Å². The third-order valence-electron chi connectivity index (χ3n) is 6.38.